The number of hydrogen-bond donors (Lipinski definition) is 0. The summed E-state index contributed by atoms with van der Waals surface area (Å²) in [5, 5.41) is 4.52. The molecule has 0 unspecified atom stereocenters. The third-order valence-corrected chi connectivity index (χ3v) is 8.49. The van der Waals surface area contributed by atoms with Crippen LogP contribution in [0.15, 0.2) is 41.6 Å². The van der Waals surface area contributed by atoms with Crippen LogP contribution in [0.4, 0.5) is 4.39 Å². The molecule has 0 radical (unpaired) electrons. The minimum Gasteiger partial charge on any atom is -0.493 e. The quantitative estimate of drug-likeness (QED) is 0.348. The summed E-state index contributed by atoms with van der Waals surface area (Å²) in [6.45, 7) is 5.93. The first kappa shape index (κ1) is 25.4. The van der Waals surface area contributed by atoms with E-state index < -0.39 is 0 Å². The number of likely N-dealkylation sites (tertiary alicyclic amines) is 1. The molecule has 4 aliphatic rings. The third-order valence-electron chi connectivity index (χ3n) is 8.49. The van der Waals surface area contributed by atoms with E-state index in [0.717, 1.165) is 75.0 Å². The second-order valence-corrected chi connectivity index (χ2v) is 11.6. The first-order chi connectivity index (χ1) is 18.6. The van der Waals surface area contributed by atoms with Crippen LogP contribution in [-0.2, 0) is 20.9 Å². The summed E-state index contributed by atoms with van der Waals surface area (Å²) in [5.74, 6) is 1.67. The first-order valence-electron chi connectivity index (χ1n) is 14.2. The molecule has 7 heteroatoms. The Labute approximate surface area is 224 Å². The highest BCUT2D eigenvalue weighted by Gasteiger charge is 2.50. The van der Waals surface area contributed by atoms with Crippen molar-refractivity contribution in [3.8, 4) is 16.9 Å². The van der Waals surface area contributed by atoms with Crippen LogP contribution in [0, 0.1) is 11.7 Å². The van der Waals surface area contributed by atoms with Crippen LogP contribution < -0.4 is 4.74 Å². The van der Waals surface area contributed by atoms with Gasteiger partial charge < -0.3 is 14.3 Å². The molecule has 2 aromatic carbocycles. The average Bonchev–Trinajstić information content (AvgIpc) is 3.67. The molecule has 0 N–H and O–H groups in total. The third kappa shape index (κ3) is 5.31. The molecule has 0 atom stereocenters. The van der Waals surface area contributed by atoms with Crippen molar-refractivity contribution < 1.29 is 23.5 Å². The van der Waals surface area contributed by atoms with E-state index in [2.05, 4.69) is 29.1 Å². The number of carbonyl (C=O) groups excluding carboxylic acids is 1. The van der Waals surface area contributed by atoms with Gasteiger partial charge in [0.15, 0.2) is 5.60 Å². The molecule has 1 spiro atoms. The van der Waals surface area contributed by atoms with Crippen LogP contribution in [0.3, 0.4) is 0 Å². The predicted molar refractivity (Wildman–Crippen MR) is 144 cm³/mol. The van der Waals surface area contributed by atoms with Crippen molar-refractivity contribution in [3.63, 3.8) is 0 Å². The minimum atomic E-state index is -0.220. The summed E-state index contributed by atoms with van der Waals surface area (Å²) in [6, 6.07) is 11.3. The van der Waals surface area contributed by atoms with Gasteiger partial charge in [-0.3, -0.25) is 9.69 Å². The van der Waals surface area contributed by atoms with Gasteiger partial charge in [-0.25, -0.2) is 4.39 Å². The highest BCUT2D eigenvalue weighted by Crippen LogP contribution is 2.48. The van der Waals surface area contributed by atoms with Crippen molar-refractivity contribution in [3.05, 3.63) is 53.3 Å². The Balaban J connectivity index is 1.12. The summed E-state index contributed by atoms with van der Waals surface area (Å²) in [4.78, 5) is 19.1. The SMILES string of the molecule is CCCOc1cc(CN2CC3(CC(C4CCC(OC=O)CC4)=NO3)C2)cc(C2CC2)c1-c1ccc(F)cc1. The number of carbonyl (C=O) groups is 1. The summed E-state index contributed by atoms with van der Waals surface area (Å²) in [7, 11) is 0. The molecule has 2 aliphatic carbocycles. The van der Waals surface area contributed by atoms with Gasteiger partial charge in [-0.05, 0) is 85.8 Å². The summed E-state index contributed by atoms with van der Waals surface area (Å²) in [5.41, 5.74) is 5.71. The molecule has 2 heterocycles. The summed E-state index contributed by atoms with van der Waals surface area (Å²) < 4.78 is 25.1. The number of hydrogen-bond acceptors (Lipinski definition) is 6. The highest BCUT2D eigenvalue weighted by atomic mass is 19.1. The number of oxime groups is 1. The first-order valence-corrected chi connectivity index (χ1v) is 14.2. The normalized spacial score (nSPS) is 24.4. The molecular weight excluding hydrogens is 483 g/mol. The molecule has 1 saturated heterocycles. The van der Waals surface area contributed by atoms with Gasteiger partial charge >= 0.3 is 0 Å². The molecule has 38 heavy (non-hydrogen) atoms. The van der Waals surface area contributed by atoms with E-state index in [-0.39, 0.29) is 17.5 Å². The zero-order valence-electron chi connectivity index (χ0n) is 22.2. The molecule has 6 rings (SSSR count). The lowest BCUT2D eigenvalue weighted by Crippen LogP contribution is -2.61. The van der Waals surface area contributed by atoms with Crippen molar-refractivity contribution in [2.24, 2.45) is 11.1 Å². The van der Waals surface area contributed by atoms with Crippen molar-refractivity contribution >= 4 is 12.2 Å². The number of benzene rings is 2. The second-order valence-electron chi connectivity index (χ2n) is 11.6. The Kier molecular flexibility index (Phi) is 7.12. The van der Waals surface area contributed by atoms with Crippen LogP contribution in [0.25, 0.3) is 11.1 Å². The molecule has 0 bridgehead atoms. The Hall–Kier alpha value is -2.93. The monoisotopic (exact) mass is 520 g/mol. The van der Waals surface area contributed by atoms with Crippen molar-refractivity contribution in [2.75, 3.05) is 19.7 Å². The van der Waals surface area contributed by atoms with Gasteiger partial charge in [-0.2, -0.15) is 0 Å². The fraction of sp³-hybridized carbons (Fsp3) is 0.548. The van der Waals surface area contributed by atoms with E-state index in [1.54, 1.807) is 0 Å². The second kappa shape index (κ2) is 10.7. The smallest absolute Gasteiger partial charge is 0.293 e. The Morgan fingerprint density at radius 1 is 1.08 bits per heavy atom. The topological polar surface area (TPSA) is 60.4 Å². The lowest BCUT2D eigenvalue weighted by Gasteiger charge is -2.45. The van der Waals surface area contributed by atoms with E-state index in [1.807, 2.05) is 12.1 Å². The van der Waals surface area contributed by atoms with Gasteiger partial charge in [-0.1, -0.05) is 30.3 Å². The van der Waals surface area contributed by atoms with Crippen LogP contribution in [0.2, 0.25) is 0 Å². The molecule has 202 valence electrons. The molecule has 3 fully saturated rings. The van der Waals surface area contributed by atoms with Gasteiger partial charge in [0.25, 0.3) is 6.47 Å². The van der Waals surface area contributed by atoms with E-state index in [4.69, 9.17) is 14.3 Å². The van der Waals surface area contributed by atoms with E-state index in [9.17, 15) is 9.18 Å². The van der Waals surface area contributed by atoms with Crippen LogP contribution >= 0.6 is 0 Å². The Bertz CT molecular complexity index is 1180. The van der Waals surface area contributed by atoms with Crippen LogP contribution in [0.1, 0.15) is 75.3 Å². The van der Waals surface area contributed by atoms with Gasteiger partial charge in [0.2, 0.25) is 0 Å². The van der Waals surface area contributed by atoms with Crippen LogP contribution in [-0.4, -0.2) is 48.5 Å². The lowest BCUT2D eigenvalue weighted by molar-refractivity contribution is -0.135. The standard InChI is InChI=1S/C31H37FN2O4/c1-2-13-36-29-15-21(14-27(22-3-4-22)30(29)24-5-9-25(32)10-6-24)17-34-18-31(19-34)16-28(33-38-31)23-7-11-26(12-8-23)37-20-35/h5-6,9-10,14-15,20,22-23,26H,2-4,7-8,11-13,16-19H2,1H3. The molecular formula is C31H37FN2O4. The molecule has 2 saturated carbocycles. The summed E-state index contributed by atoms with van der Waals surface area (Å²) >= 11 is 0. The average molecular weight is 521 g/mol. The fourth-order valence-electron chi connectivity index (χ4n) is 6.44. The van der Waals surface area contributed by atoms with Gasteiger partial charge in [0.05, 0.1) is 12.3 Å². The maximum Gasteiger partial charge on any atom is 0.293 e. The van der Waals surface area contributed by atoms with Crippen LogP contribution in [0.5, 0.6) is 5.75 Å². The zero-order valence-corrected chi connectivity index (χ0v) is 22.2. The predicted octanol–water partition coefficient (Wildman–Crippen LogP) is 6.22. The molecule has 0 amide bonds. The number of nitrogens with zero attached hydrogens (tertiary/aromatic N) is 2. The zero-order chi connectivity index (χ0) is 26.1. The van der Waals surface area contributed by atoms with Gasteiger partial charge in [0, 0.05) is 37.5 Å². The van der Waals surface area contributed by atoms with Crippen molar-refractivity contribution in [2.45, 2.75) is 82.5 Å². The number of rotatable bonds is 10. The van der Waals surface area contributed by atoms with E-state index in [1.165, 1.54) is 41.8 Å². The fourth-order valence-corrected chi connectivity index (χ4v) is 6.44. The van der Waals surface area contributed by atoms with E-state index >= 15 is 0 Å². The Morgan fingerprint density at radius 3 is 2.50 bits per heavy atom. The molecule has 0 aromatic heterocycles. The Morgan fingerprint density at radius 2 is 1.82 bits per heavy atom. The number of halogens is 1. The van der Waals surface area contributed by atoms with Gasteiger partial charge in [-0.15, -0.1) is 0 Å². The summed E-state index contributed by atoms with van der Waals surface area (Å²) in [6.07, 6.45) is 8.09. The molecule has 2 aliphatic heterocycles. The number of ether oxygens (including phenoxy) is 2. The lowest BCUT2D eigenvalue weighted by atomic mass is 9.79. The minimum absolute atomic E-state index is 0.0565. The van der Waals surface area contributed by atoms with Crippen molar-refractivity contribution in [1.29, 1.82) is 0 Å². The van der Waals surface area contributed by atoms with Gasteiger partial charge in [0.1, 0.15) is 17.7 Å². The highest BCUT2D eigenvalue weighted by molar-refractivity contribution is 5.88. The van der Waals surface area contributed by atoms with E-state index in [0.29, 0.717) is 24.9 Å². The maximum atomic E-state index is 13.7. The maximum absolute atomic E-state index is 13.7. The van der Waals surface area contributed by atoms with Crippen molar-refractivity contribution in [1.82, 2.24) is 4.90 Å². The molecule has 2 aromatic rings. The largest absolute Gasteiger partial charge is 0.493 e. The molecule has 6 nitrogen and oxygen atoms in total.